The molecule has 2 aromatic heterocycles. The number of nitrogens with zero attached hydrogens (tertiary/aromatic N) is 5. The van der Waals surface area contributed by atoms with Gasteiger partial charge >= 0.3 is 0 Å². The molecule has 1 atom stereocenters. The number of aryl methyl sites for hydroxylation is 2. The van der Waals surface area contributed by atoms with Gasteiger partial charge in [0, 0.05) is 31.6 Å². The fourth-order valence-corrected chi connectivity index (χ4v) is 2.10. The van der Waals surface area contributed by atoms with Gasteiger partial charge in [-0.15, -0.1) is 0 Å². The minimum atomic E-state index is -0.109. The molecule has 1 amide bonds. The molecule has 1 N–H and O–H groups in total. The van der Waals surface area contributed by atoms with E-state index in [0.717, 1.165) is 24.5 Å². The second kappa shape index (κ2) is 7.47. The number of carbonyl (C=O) groups excluding carboxylic acids is 1. The summed E-state index contributed by atoms with van der Waals surface area (Å²) in [7, 11) is 0. The smallest absolute Gasteiger partial charge is 0.220 e. The van der Waals surface area contributed by atoms with Crippen LogP contribution < -0.4 is 5.32 Å². The molecule has 2 aromatic rings. The van der Waals surface area contributed by atoms with Crippen LogP contribution in [0.5, 0.6) is 0 Å². The Hall–Kier alpha value is -2.31. The molecule has 0 radical (unpaired) electrons. The molecular formula is C14H20N6O. The Morgan fingerprint density at radius 2 is 2.19 bits per heavy atom. The summed E-state index contributed by atoms with van der Waals surface area (Å²) in [5.74, 6) is 0.783. The zero-order chi connectivity index (χ0) is 15.1. The van der Waals surface area contributed by atoms with E-state index in [9.17, 15) is 4.79 Å². The van der Waals surface area contributed by atoms with Crippen LogP contribution in [0.3, 0.4) is 0 Å². The first-order valence-electron chi connectivity index (χ1n) is 7.16. The maximum absolute atomic E-state index is 12.1. The molecule has 0 bridgehead atoms. The first kappa shape index (κ1) is 15.1. The Bertz CT molecular complexity index is 568. The van der Waals surface area contributed by atoms with Crippen LogP contribution >= 0.6 is 0 Å². The van der Waals surface area contributed by atoms with E-state index in [4.69, 9.17) is 0 Å². The minimum absolute atomic E-state index is 0.0156. The number of amides is 1. The summed E-state index contributed by atoms with van der Waals surface area (Å²) in [4.78, 5) is 24.5. The number of rotatable bonds is 7. The van der Waals surface area contributed by atoms with E-state index in [-0.39, 0.29) is 11.9 Å². The van der Waals surface area contributed by atoms with Gasteiger partial charge in [0.05, 0.1) is 11.7 Å². The van der Waals surface area contributed by atoms with Gasteiger partial charge < -0.3 is 5.32 Å². The van der Waals surface area contributed by atoms with Crippen molar-refractivity contribution < 1.29 is 4.79 Å². The van der Waals surface area contributed by atoms with E-state index in [0.29, 0.717) is 12.8 Å². The topological polar surface area (TPSA) is 85.6 Å². The van der Waals surface area contributed by atoms with Gasteiger partial charge in [-0.25, -0.2) is 9.67 Å². The van der Waals surface area contributed by atoms with Crippen molar-refractivity contribution in [2.75, 3.05) is 0 Å². The monoisotopic (exact) mass is 288 g/mol. The fraction of sp³-hybridized carbons (Fsp3) is 0.500. The van der Waals surface area contributed by atoms with Gasteiger partial charge in [-0.05, 0) is 19.8 Å². The van der Waals surface area contributed by atoms with E-state index in [1.54, 1.807) is 23.3 Å². The van der Waals surface area contributed by atoms with Crippen LogP contribution in [-0.2, 0) is 17.8 Å². The highest BCUT2D eigenvalue weighted by atomic mass is 16.1. The summed E-state index contributed by atoms with van der Waals surface area (Å²) in [5.41, 5.74) is 0.817. The molecule has 7 heteroatoms. The number of nitrogens with one attached hydrogen (secondary N) is 1. The molecular weight excluding hydrogens is 268 g/mol. The van der Waals surface area contributed by atoms with Crippen molar-refractivity contribution in [2.45, 2.75) is 45.7 Å². The van der Waals surface area contributed by atoms with Crippen molar-refractivity contribution in [1.29, 1.82) is 0 Å². The Kier molecular flexibility index (Phi) is 5.36. The molecule has 0 saturated heterocycles. The minimum Gasteiger partial charge on any atom is -0.346 e. The van der Waals surface area contributed by atoms with Crippen molar-refractivity contribution in [3.8, 4) is 0 Å². The lowest BCUT2D eigenvalue weighted by Crippen LogP contribution is -2.30. The summed E-state index contributed by atoms with van der Waals surface area (Å²) in [6.07, 6.45) is 8.19. The number of hydrogen-bond donors (Lipinski definition) is 1. The second-order valence-electron chi connectivity index (χ2n) is 4.66. The van der Waals surface area contributed by atoms with Gasteiger partial charge in [-0.3, -0.25) is 14.8 Å². The fourth-order valence-electron chi connectivity index (χ4n) is 2.10. The lowest BCUT2D eigenvalue weighted by Gasteiger charge is -2.16. The van der Waals surface area contributed by atoms with Crippen LogP contribution in [0.2, 0.25) is 0 Å². The number of hydrogen-bond acceptors (Lipinski definition) is 5. The Morgan fingerprint density at radius 1 is 1.33 bits per heavy atom. The van der Waals surface area contributed by atoms with E-state index in [2.05, 4.69) is 25.4 Å². The lowest BCUT2D eigenvalue weighted by molar-refractivity contribution is -0.121. The van der Waals surface area contributed by atoms with Crippen LogP contribution in [-0.4, -0.2) is 30.6 Å². The highest BCUT2D eigenvalue weighted by molar-refractivity contribution is 5.76. The first-order valence-corrected chi connectivity index (χ1v) is 7.16. The maximum Gasteiger partial charge on any atom is 0.220 e. The standard InChI is InChI=1S/C14H20N6O/c1-3-12(14-17-10-18-20(14)4-2)19-13(21)6-5-11-9-15-7-8-16-11/h7-10,12H,3-6H2,1-2H3,(H,19,21)/t12-/m1/s1. The highest BCUT2D eigenvalue weighted by Gasteiger charge is 2.17. The third kappa shape index (κ3) is 4.08. The van der Waals surface area contributed by atoms with Crippen molar-refractivity contribution in [1.82, 2.24) is 30.0 Å². The summed E-state index contributed by atoms with van der Waals surface area (Å²) < 4.78 is 1.80. The zero-order valence-electron chi connectivity index (χ0n) is 12.4. The average Bonchev–Trinajstić information content (AvgIpc) is 3.00. The molecule has 2 rings (SSSR count). The SMILES string of the molecule is CC[C@@H](NC(=O)CCc1cnccn1)c1ncnn1CC. The van der Waals surface area contributed by atoms with E-state index in [1.807, 2.05) is 13.8 Å². The molecule has 0 aliphatic carbocycles. The van der Waals surface area contributed by atoms with Crippen LogP contribution in [0.4, 0.5) is 0 Å². The van der Waals surface area contributed by atoms with Crippen LogP contribution in [0.25, 0.3) is 0 Å². The molecule has 0 saturated carbocycles. The summed E-state index contributed by atoms with van der Waals surface area (Å²) in [6, 6.07) is -0.109. The summed E-state index contributed by atoms with van der Waals surface area (Å²) >= 11 is 0. The molecule has 0 aliphatic heterocycles. The van der Waals surface area contributed by atoms with Gasteiger partial charge in [-0.2, -0.15) is 5.10 Å². The normalized spacial score (nSPS) is 12.1. The molecule has 0 unspecified atom stereocenters. The number of carbonyl (C=O) groups is 1. The second-order valence-corrected chi connectivity index (χ2v) is 4.66. The van der Waals surface area contributed by atoms with Crippen molar-refractivity contribution in [2.24, 2.45) is 0 Å². The van der Waals surface area contributed by atoms with E-state index < -0.39 is 0 Å². The van der Waals surface area contributed by atoms with E-state index in [1.165, 1.54) is 6.33 Å². The van der Waals surface area contributed by atoms with Crippen LogP contribution in [0.15, 0.2) is 24.9 Å². The zero-order valence-corrected chi connectivity index (χ0v) is 12.4. The van der Waals surface area contributed by atoms with Crippen molar-refractivity contribution in [3.63, 3.8) is 0 Å². The number of aromatic nitrogens is 5. The van der Waals surface area contributed by atoms with Gasteiger partial charge in [-0.1, -0.05) is 6.92 Å². The van der Waals surface area contributed by atoms with Gasteiger partial charge in [0.15, 0.2) is 0 Å². The van der Waals surface area contributed by atoms with Crippen LogP contribution in [0, 0.1) is 0 Å². The predicted molar refractivity (Wildman–Crippen MR) is 77.2 cm³/mol. The average molecular weight is 288 g/mol. The van der Waals surface area contributed by atoms with Gasteiger partial charge in [0.2, 0.25) is 5.91 Å². The summed E-state index contributed by atoms with van der Waals surface area (Å²) in [6.45, 7) is 4.75. The summed E-state index contributed by atoms with van der Waals surface area (Å²) in [5, 5.41) is 7.14. The molecule has 0 fully saturated rings. The van der Waals surface area contributed by atoms with Crippen molar-refractivity contribution in [3.05, 3.63) is 36.4 Å². The van der Waals surface area contributed by atoms with E-state index >= 15 is 0 Å². The Morgan fingerprint density at radius 3 is 2.86 bits per heavy atom. The molecule has 21 heavy (non-hydrogen) atoms. The molecule has 0 spiro atoms. The maximum atomic E-state index is 12.1. The quantitative estimate of drug-likeness (QED) is 0.829. The highest BCUT2D eigenvalue weighted by Crippen LogP contribution is 2.13. The molecule has 7 nitrogen and oxygen atoms in total. The first-order chi connectivity index (χ1) is 10.2. The third-order valence-corrected chi connectivity index (χ3v) is 3.23. The van der Waals surface area contributed by atoms with Crippen molar-refractivity contribution >= 4 is 5.91 Å². The molecule has 0 aromatic carbocycles. The van der Waals surface area contributed by atoms with Gasteiger partial charge in [0.25, 0.3) is 0 Å². The van der Waals surface area contributed by atoms with Crippen LogP contribution in [0.1, 0.15) is 44.2 Å². The van der Waals surface area contributed by atoms with Gasteiger partial charge in [0.1, 0.15) is 12.2 Å². The third-order valence-electron chi connectivity index (χ3n) is 3.23. The predicted octanol–water partition coefficient (Wildman–Crippen LogP) is 1.29. The molecule has 0 aliphatic rings. The molecule has 112 valence electrons. The lowest BCUT2D eigenvalue weighted by atomic mass is 10.2. The Labute approximate surface area is 123 Å². The largest absolute Gasteiger partial charge is 0.346 e. The Balaban J connectivity index is 1.91. The molecule has 2 heterocycles.